The summed E-state index contributed by atoms with van der Waals surface area (Å²) in [4.78, 5) is 46.1. The second-order valence-corrected chi connectivity index (χ2v) is 9.85. The van der Waals surface area contributed by atoms with Gasteiger partial charge in [-0.1, -0.05) is 30.8 Å². The highest BCUT2D eigenvalue weighted by Gasteiger charge is 2.30. The summed E-state index contributed by atoms with van der Waals surface area (Å²) in [5.41, 5.74) is 2.33. The molecule has 0 aromatic heterocycles. The van der Waals surface area contributed by atoms with Crippen molar-refractivity contribution in [1.29, 1.82) is 5.26 Å². The summed E-state index contributed by atoms with van der Waals surface area (Å²) in [6, 6.07) is 6.96. The van der Waals surface area contributed by atoms with E-state index in [1.807, 2.05) is 41.4 Å². The summed E-state index contributed by atoms with van der Waals surface area (Å²) in [6.07, 6.45) is 7.88. The zero-order chi connectivity index (χ0) is 28.9. The van der Waals surface area contributed by atoms with Crippen LogP contribution in [0.2, 0.25) is 0 Å². The molecule has 2 saturated heterocycles. The van der Waals surface area contributed by atoms with Gasteiger partial charge in [0.1, 0.15) is 11.8 Å². The molecular formula is C29H39N7O4. The number of rotatable bonds is 10. The van der Waals surface area contributed by atoms with Crippen LogP contribution in [0.1, 0.15) is 56.6 Å². The molecule has 11 heteroatoms. The smallest absolute Gasteiger partial charge is 0.245 e. The molecule has 2 fully saturated rings. The van der Waals surface area contributed by atoms with Crippen molar-refractivity contribution in [3.8, 4) is 6.19 Å². The lowest BCUT2D eigenvalue weighted by atomic mass is 10.1. The van der Waals surface area contributed by atoms with Gasteiger partial charge in [-0.3, -0.25) is 24.7 Å². The lowest BCUT2D eigenvalue weighted by Gasteiger charge is -2.27. The maximum Gasteiger partial charge on any atom is 0.245 e. The monoisotopic (exact) mass is 549 g/mol. The highest BCUT2D eigenvalue weighted by Crippen LogP contribution is 2.20. The van der Waals surface area contributed by atoms with E-state index in [0.717, 1.165) is 49.9 Å². The molecule has 3 rings (SSSR count). The maximum absolute atomic E-state index is 13.2. The van der Waals surface area contributed by atoms with Crippen molar-refractivity contribution < 1.29 is 19.1 Å². The number of hydrogen-bond donors (Lipinski definition) is 3. The number of amides is 3. The predicted octanol–water partition coefficient (Wildman–Crippen LogP) is 2.19. The molecule has 0 bridgehead atoms. The van der Waals surface area contributed by atoms with E-state index in [0.29, 0.717) is 24.4 Å². The molecular weight excluding hydrogens is 510 g/mol. The number of allylic oxidation sites excluding steroid dienone is 1. The molecule has 3 amide bonds. The summed E-state index contributed by atoms with van der Waals surface area (Å²) >= 11 is 0. The average Bonchev–Trinajstić information content (AvgIpc) is 3.43. The molecule has 1 aromatic carbocycles. The van der Waals surface area contributed by atoms with Crippen molar-refractivity contribution in [3.63, 3.8) is 0 Å². The molecule has 0 radical (unpaired) electrons. The third kappa shape index (κ3) is 8.86. The topological polar surface area (TPSA) is 139 Å². The minimum atomic E-state index is -0.616. The van der Waals surface area contributed by atoms with Crippen LogP contribution in [0.15, 0.2) is 41.5 Å². The number of nitrogens with zero attached hydrogens (tertiary/aromatic N) is 4. The first kappa shape index (κ1) is 30.2. The summed E-state index contributed by atoms with van der Waals surface area (Å²) in [6.45, 7) is 7.85. The Morgan fingerprint density at radius 3 is 2.65 bits per heavy atom. The molecule has 3 N–H and O–H groups in total. The number of guanidine groups is 1. The number of aliphatic imine (C=N–C) groups is 1. The number of methoxy groups -OCH3 is 1. The Hall–Kier alpha value is -4.33. The molecule has 1 unspecified atom stereocenters. The number of likely N-dealkylation sites (tertiary alicyclic amines) is 2. The minimum absolute atomic E-state index is 0.0296. The van der Waals surface area contributed by atoms with Gasteiger partial charge in [-0.05, 0) is 50.7 Å². The van der Waals surface area contributed by atoms with Gasteiger partial charge in [0.15, 0.2) is 6.19 Å². The highest BCUT2D eigenvalue weighted by molar-refractivity contribution is 5.92. The third-order valence-electron chi connectivity index (χ3n) is 6.88. The second kappa shape index (κ2) is 15.3. The Morgan fingerprint density at radius 1 is 1.20 bits per heavy atom. The molecule has 2 aliphatic heterocycles. The molecule has 214 valence electrons. The van der Waals surface area contributed by atoms with Crippen molar-refractivity contribution >= 4 is 35.5 Å². The van der Waals surface area contributed by atoms with E-state index in [4.69, 9.17) is 4.74 Å². The van der Waals surface area contributed by atoms with Gasteiger partial charge < -0.3 is 25.2 Å². The van der Waals surface area contributed by atoms with Crippen molar-refractivity contribution in [2.45, 2.75) is 51.5 Å². The fraction of sp³-hybridized carbons (Fsp3) is 0.483. The fourth-order valence-corrected chi connectivity index (χ4v) is 4.77. The van der Waals surface area contributed by atoms with Crippen LogP contribution in [0.5, 0.6) is 0 Å². The summed E-state index contributed by atoms with van der Waals surface area (Å²) < 4.78 is 5.25. The van der Waals surface area contributed by atoms with E-state index in [1.165, 1.54) is 0 Å². The molecule has 0 aliphatic carbocycles. The van der Waals surface area contributed by atoms with Gasteiger partial charge in [0.25, 0.3) is 0 Å². The first-order valence-electron chi connectivity index (χ1n) is 13.7. The van der Waals surface area contributed by atoms with Crippen LogP contribution in [0.3, 0.4) is 0 Å². The van der Waals surface area contributed by atoms with Gasteiger partial charge >= 0.3 is 0 Å². The first-order chi connectivity index (χ1) is 19.3. The fourth-order valence-electron chi connectivity index (χ4n) is 4.77. The third-order valence-corrected chi connectivity index (χ3v) is 6.88. The number of carbonyl (C=O) groups is 3. The van der Waals surface area contributed by atoms with Crippen molar-refractivity contribution in [3.05, 3.63) is 47.7 Å². The Labute approximate surface area is 235 Å². The van der Waals surface area contributed by atoms with E-state index in [2.05, 4.69) is 27.5 Å². The van der Waals surface area contributed by atoms with E-state index in [9.17, 15) is 19.6 Å². The van der Waals surface area contributed by atoms with Crippen LogP contribution < -0.4 is 16.0 Å². The number of ether oxygens (including phenoxy) is 1. The normalized spacial score (nSPS) is 18.0. The number of hydrogen-bond acceptors (Lipinski definition) is 6. The Balaban J connectivity index is 1.56. The molecule has 2 heterocycles. The van der Waals surface area contributed by atoms with Gasteiger partial charge in [0.05, 0.1) is 20.2 Å². The van der Waals surface area contributed by atoms with E-state index in [1.54, 1.807) is 18.9 Å². The standard InChI is InChI=1S/C29H39N7O4/c1-21(18-23-10-4-5-11-24(23)22(2)40-3)33-26(37)13-14-31-29(32-20-30)34-25-12-6-7-17-36(28(25)39)19-27(38)35-15-8-9-16-35/h4-5,10-11,18,25H,2,6-9,12-17,19H2,1,3H3,(H,33,37)(H2,31,32,34). The first-order valence-corrected chi connectivity index (χ1v) is 13.7. The largest absolute Gasteiger partial charge is 0.497 e. The van der Waals surface area contributed by atoms with Gasteiger partial charge in [-0.2, -0.15) is 5.26 Å². The van der Waals surface area contributed by atoms with Gasteiger partial charge in [-0.25, -0.2) is 0 Å². The summed E-state index contributed by atoms with van der Waals surface area (Å²) in [7, 11) is 1.56. The van der Waals surface area contributed by atoms with Crippen molar-refractivity contribution in [1.82, 2.24) is 25.8 Å². The van der Waals surface area contributed by atoms with Gasteiger partial charge in [0.2, 0.25) is 23.7 Å². The summed E-state index contributed by atoms with van der Waals surface area (Å²) in [5, 5.41) is 17.5. The van der Waals surface area contributed by atoms with Gasteiger partial charge in [0, 0.05) is 37.3 Å². The zero-order valence-corrected chi connectivity index (χ0v) is 23.4. The number of nitriles is 1. The number of nitrogens with one attached hydrogen (secondary N) is 3. The Morgan fingerprint density at radius 2 is 1.93 bits per heavy atom. The molecule has 0 spiro atoms. The van der Waals surface area contributed by atoms with Crippen molar-refractivity contribution in [2.24, 2.45) is 4.99 Å². The SMILES string of the molecule is C=C(OC)c1ccccc1C=C(C)NC(=O)CCN=C(NC#N)NC1CCCCN(CC(=O)N2CCCC2)C1=O. The summed E-state index contributed by atoms with van der Waals surface area (Å²) in [5.74, 6) is 0.193. The quantitative estimate of drug-likeness (QED) is 0.134. The van der Waals surface area contributed by atoms with Crippen molar-refractivity contribution in [2.75, 3.05) is 39.8 Å². The van der Waals surface area contributed by atoms with Crippen LogP contribution in [0.25, 0.3) is 11.8 Å². The predicted molar refractivity (Wildman–Crippen MR) is 153 cm³/mol. The van der Waals surface area contributed by atoms with Crippen LogP contribution >= 0.6 is 0 Å². The Bertz CT molecular complexity index is 1180. The maximum atomic E-state index is 13.2. The van der Waals surface area contributed by atoms with Crippen LogP contribution in [0.4, 0.5) is 0 Å². The second-order valence-electron chi connectivity index (χ2n) is 9.85. The minimum Gasteiger partial charge on any atom is -0.497 e. The zero-order valence-electron chi connectivity index (χ0n) is 23.4. The lowest BCUT2D eigenvalue weighted by molar-refractivity contribution is -0.140. The van der Waals surface area contributed by atoms with E-state index >= 15 is 0 Å². The molecule has 0 saturated carbocycles. The molecule has 40 heavy (non-hydrogen) atoms. The van der Waals surface area contributed by atoms with Crippen LogP contribution in [0, 0.1) is 11.5 Å². The van der Waals surface area contributed by atoms with Crippen LogP contribution in [-0.4, -0.2) is 79.4 Å². The average molecular weight is 550 g/mol. The van der Waals surface area contributed by atoms with E-state index < -0.39 is 6.04 Å². The lowest BCUT2D eigenvalue weighted by Crippen LogP contribution is -2.52. The number of carbonyl (C=O) groups excluding carboxylic acids is 3. The molecule has 11 nitrogen and oxygen atoms in total. The van der Waals surface area contributed by atoms with Crippen LogP contribution in [-0.2, 0) is 19.1 Å². The molecule has 2 aliphatic rings. The Kier molecular flexibility index (Phi) is 11.6. The van der Waals surface area contributed by atoms with E-state index in [-0.39, 0.29) is 43.2 Å². The molecule has 1 aromatic rings. The molecule has 1 atom stereocenters. The van der Waals surface area contributed by atoms with Gasteiger partial charge in [-0.15, -0.1) is 0 Å². The highest BCUT2D eigenvalue weighted by atomic mass is 16.5. The number of benzene rings is 1.